The predicted octanol–water partition coefficient (Wildman–Crippen LogP) is 1.90. The Bertz CT molecular complexity index is 112. The normalized spacial score (nSPS) is 13.6. The van der Waals surface area contributed by atoms with Crippen molar-refractivity contribution in [2.45, 2.75) is 26.7 Å². The SMILES string of the molecule is CCC(C)CNCCOCC(F)F. The standard InChI is InChI=1S/C9H19F2NO/c1-3-8(2)6-12-4-5-13-7-9(10)11/h8-9,12H,3-7H2,1-2H3. The van der Waals surface area contributed by atoms with Crippen molar-refractivity contribution in [1.29, 1.82) is 0 Å². The van der Waals surface area contributed by atoms with Crippen molar-refractivity contribution in [3.63, 3.8) is 0 Å². The first-order valence-electron chi connectivity index (χ1n) is 4.73. The van der Waals surface area contributed by atoms with E-state index in [4.69, 9.17) is 4.74 Å². The molecule has 0 saturated heterocycles. The quantitative estimate of drug-likeness (QED) is 0.597. The van der Waals surface area contributed by atoms with Crippen LogP contribution in [0.25, 0.3) is 0 Å². The topological polar surface area (TPSA) is 21.3 Å². The minimum atomic E-state index is -2.35. The summed E-state index contributed by atoms with van der Waals surface area (Å²) in [5.41, 5.74) is 0. The fraction of sp³-hybridized carbons (Fsp3) is 1.00. The highest BCUT2D eigenvalue weighted by Gasteiger charge is 2.01. The molecule has 2 nitrogen and oxygen atoms in total. The van der Waals surface area contributed by atoms with Gasteiger partial charge in [-0.3, -0.25) is 0 Å². The number of nitrogens with one attached hydrogen (secondary N) is 1. The first kappa shape index (κ1) is 12.8. The minimum Gasteiger partial charge on any atom is -0.374 e. The van der Waals surface area contributed by atoms with Gasteiger partial charge in [-0.05, 0) is 12.5 Å². The third-order valence-electron chi connectivity index (χ3n) is 1.86. The van der Waals surface area contributed by atoms with Crippen LogP contribution in [0.15, 0.2) is 0 Å². The Hall–Kier alpha value is -0.220. The molecule has 0 spiro atoms. The second kappa shape index (κ2) is 8.38. The summed E-state index contributed by atoms with van der Waals surface area (Å²) >= 11 is 0. The van der Waals surface area contributed by atoms with Gasteiger partial charge in [-0.1, -0.05) is 20.3 Å². The highest BCUT2D eigenvalue weighted by Crippen LogP contribution is 1.96. The molecule has 0 amide bonds. The zero-order chi connectivity index (χ0) is 10.1. The third-order valence-corrected chi connectivity index (χ3v) is 1.86. The van der Waals surface area contributed by atoms with Crippen molar-refractivity contribution in [3.8, 4) is 0 Å². The highest BCUT2D eigenvalue weighted by molar-refractivity contribution is 4.53. The maximum Gasteiger partial charge on any atom is 0.261 e. The van der Waals surface area contributed by atoms with Crippen LogP contribution in [0.3, 0.4) is 0 Å². The van der Waals surface area contributed by atoms with Crippen LogP contribution in [-0.4, -0.2) is 32.7 Å². The molecule has 0 aromatic rings. The molecule has 0 aliphatic carbocycles. The Kier molecular flexibility index (Phi) is 8.24. The maximum atomic E-state index is 11.6. The molecule has 0 rings (SSSR count). The molecule has 1 N–H and O–H groups in total. The molecule has 13 heavy (non-hydrogen) atoms. The molecular weight excluding hydrogens is 176 g/mol. The third kappa shape index (κ3) is 9.70. The van der Waals surface area contributed by atoms with Crippen LogP contribution in [0.2, 0.25) is 0 Å². The van der Waals surface area contributed by atoms with E-state index >= 15 is 0 Å². The molecule has 0 fully saturated rings. The van der Waals surface area contributed by atoms with Gasteiger partial charge in [0.25, 0.3) is 6.43 Å². The summed E-state index contributed by atoms with van der Waals surface area (Å²) in [4.78, 5) is 0. The lowest BCUT2D eigenvalue weighted by Gasteiger charge is -2.09. The van der Waals surface area contributed by atoms with Gasteiger partial charge < -0.3 is 10.1 Å². The van der Waals surface area contributed by atoms with Gasteiger partial charge in [0.05, 0.1) is 6.61 Å². The number of rotatable bonds is 8. The fourth-order valence-corrected chi connectivity index (χ4v) is 0.810. The minimum absolute atomic E-state index is 0.362. The summed E-state index contributed by atoms with van der Waals surface area (Å²) in [5.74, 6) is 0.634. The van der Waals surface area contributed by atoms with E-state index in [2.05, 4.69) is 19.2 Å². The average Bonchev–Trinajstić information content (AvgIpc) is 2.10. The van der Waals surface area contributed by atoms with Crippen molar-refractivity contribution in [1.82, 2.24) is 5.32 Å². The molecule has 80 valence electrons. The Balaban J connectivity index is 2.99. The van der Waals surface area contributed by atoms with Gasteiger partial charge in [0, 0.05) is 6.54 Å². The van der Waals surface area contributed by atoms with Crippen LogP contribution in [0.4, 0.5) is 8.78 Å². The molecule has 0 radical (unpaired) electrons. The summed E-state index contributed by atoms with van der Waals surface area (Å²) in [6.45, 7) is 5.75. The molecule has 0 aromatic carbocycles. The van der Waals surface area contributed by atoms with E-state index in [0.717, 1.165) is 13.0 Å². The Morgan fingerprint density at radius 2 is 2.08 bits per heavy atom. The van der Waals surface area contributed by atoms with Crippen LogP contribution >= 0.6 is 0 Å². The van der Waals surface area contributed by atoms with Crippen LogP contribution in [-0.2, 0) is 4.74 Å². The molecule has 1 unspecified atom stereocenters. The number of hydrogen-bond donors (Lipinski definition) is 1. The summed E-state index contributed by atoms with van der Waals surface area (Å²) in [7, 11) is 0. The number of hydrogen-bond acceptors (Lipinski definition) is 2. The van der Waals surface area contributed by atoms with Gasteiger partial charge in [0.1, 0.15) is 6.61 Å². The maximum absolute atomic E-state index is 11.6. The lowest BCUT2D eigenvalue weighted by atomic mass is 10.1. The summed E-state index contributed by atoms with van der Waals surface area (Å²) in [5, 5.41) is 3.14. The van der Waals surface area contributed by atoms with Gasteiger partial charge >= 0.3 is 0 Å². The van der Waals surface area contributed by atoms with E-state index in [-0.39, 0.29) is 0 Å². The smallest absolute Gasteiger partial charge is 0.261 e. The van der Waals surface area contributed by atoms with Crippen LogP contribution in [0, 0.1) is 5.92 Å². The average molecular weight is 195 g/mol. The van der Waals surface area contributed by atoms with Crippen LogP contribution in [0.5, 0.6) is 0 Å². The van der Waals surface area contributed by atoms with E-state index in [1.54, 1.807) is 0 Å². The fourth-order valence-electron chi connectivity index (χ4n) is 0.810. The summed E-state index contributed by atoms with van der Waals surface area (Å²) in [6.07, 6.45) is -1.22. The molecule has 0 saturated carbocycles. The second-order valence-electron chi connectivity index (χ2n) is 3.18. The van der Waals surface area contributed by atoms with Gasteiger partial charge in [0.2, 0.25) is 0 Å². The van der Waals surface area contributed by atoms with Crippen molar-refractivity contribution < 1.29 is 13.5 Å². The molecule has 0 aliphatic rings. The Morgan fingerprint density at radius 3 is 2.62 bits per heavy atom. The van der Waals surface area contributed by atoms with Crippen molar-refractivity contribution in [2.75, 3.05) is 26.3 Å². The van der Waals surface area contributed by atoms with Gasteiger partial charge in [0.15, 0.2) is 0 Å². The second-order valence-corrected chi connectivity index (χ2v) is 3.18. The zero-order valence-electron chi connectivity index (χ0n) is 8.35. The molecule has 0 aromatic heterocycles. The monoisotopic (exact) mass is 195 g/mol. The Labute approximate surface area is 78.7 Å². The van der Waals surface area contributed by atoms with Gasteiger partial charge in [-0.2, -0.15) is 0 Å². The van der Waals surface area contributed by atoms with Gasteiger partial charge in [-0.25, -0.2) is 8.78 Å². The van der Waals surface area contributed by atoms with E-state index in [9.17, 15) is 8.78 Å². The molecular formula is C9H19F2NO. The van der Waals surface area contributed by atoms with Crippen molar-refractivity contribution in [2.24, 2.45) is 5.92 Å². The van der Waals surface area contributed by atoms with E-state index in [1.807, 2.05) is 0 Å². The van der Waals surface area contributed by atoms with E-state index < -0.39 is 13.0 Å². The van der Waals surface area contributed by atoms with Crippen molar-refractivity contribution >= 4 is 0 Å². The molecule has 4 heteroatoms. The first-order chi connectivity index (χ1) is 6.16. The lowest BCUT2D eigenvalue weighted by molar-refractivity contribution is 0.0186. The van der Waals surface area contributed by atoms with E-state index in [1.165, 1.54) is 0 Å². The first-order valence-corrected chi connectivity index (χ1v) is 4.73. The van der Waals surface area contributed by atoms with Crippen LogP contribution in [0.1, 0.15) is 20.3 Å². The number of alkyl halides is 2. The van der Waals surface area contributed by atoms with Gasteiger partial charge in [-0.15, -0.1) is 0 Å². The number of halogens is 2. The number of ether oxygens (including phenoxy) is 1. The largest absolute Gasteiger partial charge is 0.374 e. The summed E-state index contributed by atoms with van der Waals surface area (Å²) in [6, 6.07) is 0. The van der Waals surface area contributed by atoms with Crippen molar-refractivity contribution in [3.05, 3.63) is 0 Å². The summed E-state index contributed by atoms with van der Waals surface area (Å²) < 4.78 is 27.9. The van der Waals surface area contributed by atoms with Crippen LogP contribution < -0.4 is 5.32 Å². The molecule has 0 heterocycles. The molecule has 0 aliphatic heterocycles. The highest BCUT2D eigenvalue weighted by atomic mass is 19.3. The molecule has 0 bridgehead atoms. The van der Waals surface area contributed by atoms with E-state index in [0.29, 0.717) is 19.1 Å². The lowest BCUT2D eigenvalue weighted by Crippen LogP contribution is -2.25. The predicted molar refractivity (Wildman–Crippen MR) is 49.1 cm³/mol. The Morgan fingerprint density at radius 1 is 1.38 bits per heavy atom. The molecule has 1 atom stereocenters. The zero-order valence-corrected chi connectivity index (χ0v) is 8.35.